The van der Waals surface area contributed by atoms with Gasteiger partial charge in [0.05, 0.1) is 16.9 Å². The second-order valence-corrected chi connectivity index (χ2v) is 9.58. The molecule has 1 aliphatic rings. The van der Waals surface area contributed by atoms with Crippen molar-refractivity contribution in [2.75, 3.05) is 19.7 Å². The normalized spacial score (nSPS) is 18.6. The predicted molar refractivity (Wildman–Crippen MR) is 112 cm³/mol. The minimum atomic E-state index is -3.76. The first-order valence-corrected chi connectivity index (χ1v) is 11.5. The molecule has 1 heterocycles. The maximum absolute atomic E-state index is 13.1. The fraction of sp³-hybridized carbons (Fsp3) is 0.409. The topological polar surface area (TPSA) is 75.7 Å². The fourth-order valence-corrected chi connectivity index (χ4v) is 4.99. The molecule has 1 fully saturated rings. The van der Waals surface area contributed by atoms with Gasteiger partial charge in [0.25, 0.3) is 0 Å². The number of hydrogen-bond acceptors (Lipinski definition) is 4. The van der Waals surface area contributed by atoms with Crippen LogP contribution in [0.2, 0.25) is 0 Å². The second kappa shape index (κ2) is 9.57. The van der Waals surface area contributed by atoms with Gasteiger partial charge in [0.15, 0.2) is 0 Å². The Hall–Kier alpha value is -2.45. The zero-order valence-electron chi connectivity index (χ0n) is 17.2. The number of para-hydroxylation sites is 1. The molecule has 2 aromatic rings. The van der Waals surface area contributed by atoms with Crippen molar-refractivity contribution >= 4 is 15.9 Å². The zero-order chi connectivity index (χ0) is 21.7. The Bertz CT molecular complexity index is 979. The molecule has 2 aromatic carbocycles. The van der Waals surface area contributed by atoms with Crippen LogP contribution in [0, 0.1) is 18.7 Å². The molecule has 0 bridgehead atoms. The van der Waals surface area contributed by atoms with Gasteiger partial charge in [-0.2, -0.15) is 4.31 Å². The molecule has 0 unspecified atom stereocenters. The number of nitrogens with one attached hydrogen (secondary N) is 1. The van der Waals surface area contributed by atoms with Gasteiger partial charge in [-0.25, -0.2) is 12.8 Å². The summed E-state index contributed by atoms with van der Waals surface area (Å²) in [6.07, 6.45) is 1.21. The summed E-state index contributed by atoms with van der Waals surface area (Å²) in [5, 5.41) is 2.92. The van der Waals surface area contributed by atoms with Crippen LogP contribution in [0.15, 0.2) is 53.4 Å². The Kier molecular flexibility index (Phi) is 7.10. The largest absolute Gasteiger partial charge is 0.491 e. The molecular weight excluding hydrogens is 407 g/mol. The number of benzene rings is 2. The third-order valence-corrected chi connectivity index (χ3v) is 7.06. The molecule has 8 heteroatoms. The van der Waals surface area contributed by atoms with Gasteiger partial charge < -0.3 is 10.1 Å². The van der Waals surface area contributed by atoms with Gasteiger partial charge in [-0.05, 0) is 62.6 Å². The van der Waals surface area contributed by atoms with Crippen LogP contribution in [0.4, 0.5) is 4.39 Å². The first-order chi connectivity index (χ1) is 14.3. The van der Waals surface area contributed by atoms with Gasteiger partial charge in [0.2, 0.25) is 15.9 Å². The molecule has 1 amide bonds. The number of piperidine rings is 1. The molecule has 0 aliphatic carbocycles. The van der Waals surface area contributed by atoms with E-state index in [1.54, 1.807) is 0 Å². The summed E-state index contributed by atoms with van der Waals surface area (Å²) in [6.45, 7) is 4.58. The van der Waals surface area contributed by atoms with E-state index in [1.165, 1.54) is 16.4 Å². The number of amides is 1. The quantitative estimate of drug-likeness (QED) is 0.727. The van der Waals surface area contributed by atoms with E-state index in [2.05, 4.69) is 5.32 Å². The van der Waals surface area contributed by atoms with Crippen LogP contribution >= 0.6 is 0 Å². The lowest BCUT2D eigenvalue weighted by Crippen LogP contribution is -2.48. The molecule has 2 atom stereocenters. The molecule has 0 saturated carbocycles. The summed E-state index contributed by atoms with van der Waals surface area (Å²) in [4.78, 5) is 12.7. The molecule has 0 radical (unpaired) electrons. The summed E-state index contributed by atoms with van der Waals surface area (Å²) in [5.74, 6) is -0.343. The van der Waals surface area contributed by atoms with Crippen LogP contribution < -0.4 is 10.1 Å². The number of rotatable bonds is 7. The highest BCUT2D eigenvalue weighted by atomic mass is 32.2. The molecule has 3 rings (SSSR count). The average molecular weight is 435 g/mol. The monoisotopic (exact) mass is 434 g/mol. The van der Waals surface area contributed by atoms with E-state index >= 15 is 0 Å². The Labute approximate surface area is 177 Å². The Morgan fingerprint density at radius 3 is 2.63 bits per heavy atom. The van der Waals surface area contributed by atoms with Crippen LogP contribution in [-0.4, -0.2) is 44.4 Å². The summed E-state index contributed by atoms with van der Waals surface area (Å²) < 4.78 is 45.9. The maximum Gasteiger partial charge on any atom is 0.243 e. The van der Waals surface area contributed by atoms with Gasteiger partial charge in [-0.3, -0.25) is 4.79 Å². The molecule has 1 saturated heterocycles. The number of halogens is 1. The average Bonchev–Trinajstić information content (AvgIpc) is 2.73. The van der Waals surface area contributed by atoms with Crippen molar-refractivity contribution in [2.24, 2.45) is 5.92 Å². The first kappa shape index (κ1) is 22.2. The number of aryl methyl sites for hydroxylation is 1. The lowest BCUT2D eigenvalue weighted by molar-refractivity contribution is -0.126. The SMILES string of the molecule is Cc1ccccc1OC[C@H](C)NC(=O)[C@@H]1CCCN(S(=O)(=O)c2ccc(F)cc2)C1. The third-order valence-electron chi connectivity index (χ3n) is 5.18. The number of carbonyl (C=O) groups is 1. The number of hydrogen-bond donors (Lipinski definition) is 1. The van der Waals surface area contributed by atoms with Crippen LogP contribution in [0.25, 0.3) is 0 Å². The smallest absolute Gasteiger partial charge is 0.243 e. The molecule has 1 aliphatic heterocycles. The highest BCUT2D eigenvalue weighted by Gasteiger charge is 2.33. The number of nitrogens with zero attached hydrogens (tertiary/aromatic N) is 1. The maximum atomic E-state index is 13.1. The van der Waals surface area contributed by atoms with E-state index in [0.717, 1.165) is 23.4 Å². The highest BCUT2D eigenvalue weighted by Crippen LogP contribution is 2.24. The Morgan fingerprint density at radius 2 is 1.93 bits per heavy atom. The molecule has 0 aromatic heterocycles. The summed E-state index contributed by atoms with van der Waals surface area (Å²) in [7, 11) is -3.76. The van der Waals surface area contributed by atoms with Gasteiger partial charge in [-0.15, -0.1) is 0 Å². The van der Waals surface area contributed by atoms with Gasteiger partial charge >= 0.3 is 0 Å². The van der Waals surface area contributed by atoms with E-state index in [1.807, 2.05) is 38.1 Å². The number of sulfonamides is 1. The van der Waals surface area contributed by atoms with E-state index in [9.17, 15) is 17.6 Å². The van der Waals surface area contributed by atoms with Crippen LogP contribution in [0.5, 0.6) is 5.75 Å². The van der Waals surface area contributed by atoms with Gasteiger partial charge in [-0.1, -0.05) is 18.2 Å². The van der Waals surface area contributed by atoms with E-state index < -0.39 is 21.8 Å². The van der Waals surface area contributed by atoms with Crippen molar-refractivity contribution in [3.8, 4) is 5.75 Å². The first-order valence-electron chi connectivity index (χ1n) is 10.0. The van der Waals surface area contributed by atoms with Crippen molar-refractivity contribution in [3.05, 3.63) is 59.9 Å². The van der Waals surface area contributed by atoms with E-state index in [-0.39, 0.29) is 23.4 Å². The molecule has 6 nitrogen and oxygen atoms in total. The van der Waals surface area contributed by atoms with Crippen LogP contribution in [0.1, 0.15) is 25.3 Å². The lowest BCUT2D eigenvalue weighted by Gasteiger charge is -2.31. The highest BCUT2D eigenvalue weighted by molar-refractivity contribution is 7.89. The van der Waals surface area contributed by atoms with Crippen molar-refractivity contribution in [1.82, 2.24) is 9.62 Å². The molecule has 30 heavy (non-hydrogen) atoms. The van der Waals surface area contributed by atoms with Gasteiger partial charge in [0.1, 0.15) is 18.2 Å². The summed E-state index contributed by atoms with van der Waals surface area (Å²) in [6, 6.07) is 12.2. The zero-order valence-corrected chi connectivity index (χ0v) is 18.0. The van der Waals surface area contributed by atoms with Crippen molar-refractivity contribution in [3.63, 3.8) is 0 Å². The minimum absolute atomic E-state index is 0.0324. The van der Waals surface area contributed by atoms with Crippen molar-refractivity contribution in [1.29, 1.82) is 0 Å². The van der Waals surface area contributed by atoms with Crippen LogP contribution in [-0.2, 0) is 14.8 Å². The molecular formula is C22H27FN2O4S. The Balaban J connectivity index is 1.57. The van der Waals surface area contributed by atoms with Crippen LogP contribution in [0.3, 0.4) is 0 Å². The standard InChI is InChI=1S/C22H27FN2O4S/c1-16-6-3-4-8-21(16)29-15-17(2)24-22(26)18-7-5-13-25(14-18)30(27,28)20-11-9-19(23)10-12-20/h3-4,6,8-12,17-18H,5,7,13-15H2,1-2H3,(H,24,26)/t17-,18+/m0/s1. The van der Waals surface area contributed by atoms with Crippen molar-refractivity contribution in [2.45, 2.75) is 37.6 Å². The lowest BCUT2D eigenvalue weighted by atomic mass is 9.98. The summed E-state index contributed by atoms with van der Waals surface area (Å²) >= 11 is 0. The molecule has 0 spiro atoms. The Morgan fingerprint density at radius 1 is 1.23 bits per heavy atom. The fourth-order valence-electron chi connectivity index (χ4n) is 3.47. The van der Waals surface area contributed by atoms with Gasteiger partial charge in [0, 0.05) is 13.1 Å². The molecule has 162 valence electrons. The number of carbonyl (C=O) groups excluding carboxylic acids is 1. The summed E-state index contributed by atoms with van der Waals surface area (Å²) in [5.41, 5.74) is 1.02. The predicted octanol–water partition coefficient (Wildman–Crippen LogP) is 3.12. The third kappa shape index (κ3) is 5.37. The molecule has 1 N–H and O–H groups in total. The second-order valence-electron chi connectivity index (χ2n) is 7.64. The van der Waals surface area contributed by atoms with Crippen molar-refractivity contribution < 1.29 is 22.3 Å². The minimum Gasteiger partial charge on any atom is -0.491 e. The number of ether oxygens (including phenoxy) is 1. The van der Waals surface area contributed by atoms with E-state index in [4.69, 9.17) is 4.74 Å². The van der Waals surface area contributed by atoms with E-state index in [0.29, 0.717) is 26.0 Å².